The van der Waals surface area contributed by atoms with Gasteiger partial charge in [0.05, 0.1) is 5.60 Å². The molecule has 3 heteroatoms. The average Bonchev–Trinajstić information content (AvgIpc) is 2.67. The van der Waals surface area contributed by atoms with E-state index in [1.165, 1.54) is 6.07 Å². The Kier molecular flexibility index (Phi) is 3.50. The van der Waals surface area contributed by atoms with Gasteiger partial charge in [0, 0.05) is 5.92 Å². The highest BCUT2D eigenvalue weighted by atomic mass is 19.1. The van der Waals surface area contributed by atoms with Crippen molar-refractivity contribution in [2.75, 3.05) is 6.54 Å². The maximum absolute atomic E-state index is 13.6. The summed E-state index contributed by atoms with van der Waals surface area (Å²) in [6.07, 6.45) is 3.06. The highest BCUT2D eigenvalue weighted by Gasteiger charge is 2.43. The number of fused-ring (bicyclic) bond motifs is 1. The monoisotopic (exact) mass is 237 g/mol. The van der Waals surface area contributed by atoms with Crippen LogP contribution in [0.3, 0.4) is 0 Å². The van der Waals surface area contributed by atoms with Gasteiger partial charge in [-0.2, -0.15) is 0 Å². The molecule has 1 aromatic carbocycles. The maximum Gasteiger partial charge on any atom is 0.126 e. The number of rotatable bonds is 4. The van der Waals surface area contributed by atoms with Gasteiger partial charge in [-0.1, -0.05) is 25.5 Å². The van der Waals surface area contributed by atoms with Gasteiger partial charge in [-0.3, -0.25) is 0 Å². The van der Waals surface area contributed by atoms with Crippen LogP contribution >= 0.6 is 0 Å². The van der Waals surface area contributed by atoms with Crippen molar-refractivity contribution >= 4 is 0 Å². The zero-order valence-electron chi connectivity index (χ0n) is 10.2. The van der Waals surface area contributed by atoms with Crippen LogP contribution < -0.4 is 5.73 Å². The van der Waals surface area contributed by atoms with E-state index in [1.807, 2.05) is 6.07 Å². The largest absolute Gasteiger partial charge is 0.385 e. The molecule has 0 saturated heterocycles. The summed E-state index contributed by atoms with van der Waals surface area (Å²) < 4.78 is 13.6. The van der Waals surface area contributed by atoms with Crippen LogP contribution in [0.2, 0.25) is 0 Å². The fraction of sp³-hybridized carbons (Fsp3) is 0.571. The Morgan fingerprint density at radius 3 is 2.94 bits per heavy atom. The summed E-state index contributed by atoms with van der Waals surface area (Å²) in [6, 6.07) is 4.97. The molecule has 2 rings (SSSR count). The van der Waals surface area contributed by atoms with Gasteiger partial charge >= 0.3 is 0 Å². The lowest BCUT2D eigenvalue weighted by atomic mass is 9.80. The van der Waals surface area contributed by atoms with Crippen molar-refractivity contribution in [3.8, 4) is 0 Å². The van der Waals surface area contributed by atoms with Crippen molar-refractivity contribution in [1.82, 2.24) is 0 Å². The molecular formula is C14H20FNO. The molecule has 0 heterocycles. The smallest absolute Gasteiger partial charge is 0.126 e. The molecule has 0 radical (unpaired) electrons. The lowest BCUT2D eigenvalue weighted by Crippen LogP contribution is -2.37. The molecule has 0 spiro atoms. The Morgan fingerprint density at radius 2 is 2.29 bits per heavy atom. The summed E-state index contributed by atoms with van der Waals surface area (Å²) in [5.74, 6) is -0.179. The molecule has 0 amide bonds. The van der Waals surface area contributed by atoms with Gasteiger partial charge in [0.25, 0.3) is 0 Å². The van der Waals surface area contributed by atoms with Gasteiger partial charge in [0.2, 0.25) is 0 Å². The van der Waals surface area contributed by atoms with E-state index in [-0.39, 0.29) is 11.7 Å². The Bertz CT molecular complexity index is 407. The fourth-order valence-electron chi connectivity index (χ4n) is 2.99. The van der Waals surface area contributed by atoms with Crippen molar-refractivity contribution in [3.63, 3.8) is 0 Å². The molecule has 2 atom stereocenters. The predicted molar refractivity (Wildman–Crippen MR) is 66.1 cm³/mol. The molecule has 0 aliphatic heterocycles. The second-order valence-electron chi connectivity index (χ2n) is 4.91. The molecule has 0 saturated carbocycles. The first-order valence-electron chi connectivity index (χ1n) is 6.33. The average molecular weight is 237 g/mol. The Hall–Kier alpha value is -0.930. The summed E-state index contributed by atoms with van der Waals surface area (Å²) in [4.78, 5) is 0. The Morgan fingerprint density at radius 1 is 1.53 bits per heavy atom. The van der Waals surface area contributed by atoms with Crippen molar-refractivity contribution in [2.24, 2.45) is 11.7 Å². The molecule has 1 aliphatic carbocycles. The molecule has 0 aromatic heterocycles. The summed E-state index contributed by atoms with van der Waals surface area (Å²) >= 11 is 0. The number of benzene rings is 1. The lowest BCUT2D eigenvalue weighted by molar-refractivity contribution is -0.0227. The summed E-state index contributed by atoms with van der Waals surface area (Å²) in [6.45, 7) is 2.52. The number of nitrogens with two attached hydrogens (primary N) is 1. The molecule has 94 valence electrons. The van der Waals surface area contributed by atoms with Crippen molar-refractivity contribution in [2.45, 2.75) is 38.2 Å². The van der Waals surface area contributed by atoms with Crippen LogP contribution in [0, 0.1) is 11.7 Å². The van der Waals surface area contributed by atoms with Crippen LogP contribution in [0.1, 0.15) is 37.3 Å². The van der Waals surface area contributed by atoms with Gasteiger partial charge in [-0.25, -0.2) is 4.39 Å². The third-order valence-electron chi connectivity index (χ3n) is 3.94. The van der Waals surface area contributed by atoms with E-state index in [9.17, 15) is 9.50 Å². The third-order valence-corrected chi connectivity index (χ3v) is 3.94. The normalized spacial score (nSPS) is 24.7. The van der Waals surface area contributed by atoms with E-state index >= 15 is 0 Å². The Labute approximate surface area is 102 Å². The van der Waals surface area contributed by atoms with E-state index in [0.717, 1.165) is 18.4 Å². The van der Waals surface area contributed by atoms with Crippen LogP contribution in [-0.2, 0) is 12.0 Å². The van der Waals surface area contributed by atoms with Crippen molar-refractivity contribution in [1.29, 1.82) is 0 Å². The van der Waals surface area contributed by atoms with Crippen LogP contribution in [0.5, 0.6) is 0 Å². The second kappa shape index (κ2) is 4.75. The summed E-state index contributed by atoms with van der Waals surface area (Å²) in [5.41, 5.74) is 6.26. The zero-order chi connectivity index (χ0) is 12.5. The van der Waals surface area contributed by atoms with Gasteiger partial charge < -0.3 is 10.8 Å². The van der Waals surface area contributed by atoms with E-state index in [1.54, 1.807) is 6.07 Å². The van der Waals surface area contributed by atoms with Gasteiger partial charge in [0.1, 0.15) is 5.82 Å². The highest BCUT2D eigenvalue weighted by molar-refractivity contribution is 5.38. The highest BCUT2D eigenvalue weighted by Crippen LogP contribution is 2.44. The minimum absolute atomic E-state index is 0.0237. The molecule has 2 nitrogen and oxygen atoms in total. The third kappa shape index (κ3) is 1.98. The lowest BCUT2D eigenvalue weighted by Gasteiger charge is -2.33. The minimum Gasteiger partial charge on any atom is -0.385 e. The van der Waals surface area contributed by atoms with Crippen LogP contribution in [0.25, 0.3) is 0 Å². The first-order chi connectivity index (χ1) is 8.13. The quantitative estimate of drug-likeness (QED) is 0.844. The van der Waals surface area contributed by atoms with E-state index in [0.29, 0.717) is 24.9 Å². The number of hydrogen-bond donors (Lipinski definition) is 2. The molecule has 2 unspecified atom stereocenters. The Balaban J connectivity index is 2.39. The van der Waals surface area contributed by atoms with E-state index in [4.69, 9.17) is 5.73 Å². The number of hydrogen-bond acceptors (Lipinski definition) is 2. The number of aliphatic hydroxyl groups is 1. The predicted octanol–water partition coefficient (Wildman–Crippen LogP) is 2.33. The molecule has 3 N–H and O–H groups in total. The molecule has 17 heavy (non-hydrogen) atoms. The fourth-order valence-corrected chi connectivity index (χ4v) is 2.99. The van der Waals surface area contributed by atoms with E-state index < -0.39 is 5.60 Å². The van der Waals surface area contributed by atoms with Gasteiger partial charge in [0.15, 0.2) is 0 Å². The second-order valence-corrected chi connectivity index (χ2v) is 4.91. The van der Waals surface area contributed by atoms with Gasteiger partial charge in [-0.15, -0.1) is 0 Å². The summed E-state index contributed by atoms with van der Waals surface area (Å²) in [7, 11) is 0. The summed E-state index contributed by atoms with van der Waals surface area (Å²) in [5, 5.41) is 10.8. The molecule has 1 aliphatic rings. The van der Waals surface area contributed by atoms with E-state index in [2.05, 4.69) is 6.92 Å². The number of halogens is 1. The molecule has 0 bridgehead atoms. The zero-order valence-corrected chi connectivity index (χ0v) is 10.2. The van der Waals surface area contributed by atoms with Crippen molar-refractivity contribution in [3.05, 3.63) is 35.1 Å². The molecular weight excluding hydrogens is 217 g/mol. The maximum atomic E-state index is 13.6. The van der Waals surface area contributed by atoms with Crippen LogP contribution in [-0.4, -0.2) is 11.7 Å². The first-order valence-corrected chi connectivity index (χ1v) is 6.33. The SMILES string of the molecule is CCCC(CN)C1(O)CCc2c(F)cccc21. The van der Waals surface area contributed by atoms with Crippen molar-refractivity contribution < 1.29 is 9.50 Å². The standard InChI is InChI=1S/C14H20FNO/c1-2-4-10(9-16)14(17)8-7-11-12(14)5-3-6-13(11)15/h3,5-6,10,17H,2,4,7-9,16H2,1H3. The molecule has 1 aromatic rings. The molecule has 0 fully saturated rings. The first kappa shape index (κ1) is 12.5. The topological polar surface area (TPSA) is 46.2 Å². The minimum atomic E-state index is -0.928. The van der Waals surface area contributed by atoms with Gasteiger partial charge in [-0.05, 0) is 43.0 Å². The van der Waals surface area contributed by atoms with Crippen LogP contribution in [0.15, 0.2) is 18.2 Å². The van der Waals surface area contributed by atoms with Crippen LogP contribution in [0.4, 0.5) is 4.39 Å².